The number of nitrogens with zero attached hydrogens (tertiary/aromatic N) is 3. The van der Waals surface area contributed by atoms with Gasteiger partial charge in [0.2, 0.25) is 11.8 Å². The molecule has 0 spiro atoms. The van der Waals surface area contributed by atoms with Gasteiger partial charge in [0.15, 0.2) is 5.78 Å². The standard InChI is InChI=1S/C37H54N4O6/c1-8-25-29(20-41(31(25)32(42)21(2)3)35(43)33(37(4,5)6)40-36(44)45)47-34-30(38-27-17-16-24(46-7)19-28(27)39-34)26-18-23(26)15-11-14-22-12-9-10-13-22/h16-17,19,21-23,25-26,29,31,33,40H,8-15,18,20H2,1-7H3,(H,44,45). The van der Waals surface area contributed by atoms with Crippen molar-refractivity contribution in [2.45, 2.75) is 123 Å². The molecule has 0 bridgehead atoms. The lowest BCUT2D eigenvalue weighted by atomic mass is 9.84. The summed E-state index contributed by atoms with van der Waals surface area (Å²) in [6.45, 7) is 11.3. The van der Waals surface area contributed by atoms with Crippen LogP contribution in [0.3, 0.4) is 0 Å². The Bertz CT molecular complexity index is 1450. The average molecular weight is 651 g/mol. The minimum absolute atomic E-state index is 0.0571. The Kier molecular flexibility index (Phi) is 10.7. The Labute approximate surface area is 279 Å². The molecule has 10 heteroatoms. The topological polar surface area (TPSA) is 131 Å². The zero-order chi connectivity index (χ0) is 34.0. The minimum Gasteiger partial charge on any atom is -0.497 e. The van der Waals surface area contributed by atoms with Crippen LogP contribution < -0.4 is 14.8 Å². The van der Waals surface area contributed by atoms with Gasteiger partial charge in [-0.15, -0.1) is 0 Å². The number of hydrogen-bond donors (Lipinski definition) is 2. The van der Waals surface area contributed by atoms with E-state index in [0.717, 1.165) is 23.5 Å². The molecule has 47 heavy (non-hydrogen) atoms. The predicted octanol–water partition coefficient (Wildman–Crippen LogP) is 6.99. The van der Waals surface area contributed by atoms with Gasteiger partial charge in [0, 0.05) is 23.8 Å². The molecule has 2 heterocycles. The fourth-order valence-electron chi connectivity index (χ4n) is 7.86. The lowest BCUT2D eigenvalue weighted by Crippen LogP contribution is -2.57. The van der Waals surface area contributed by atoms with Crippen LogP contribution in [0.25, 0.3) is 11.0 Å². The van der Waals surface area contributed by atoms with E-state index < -0.39 is 35.6 Å². The first-order valence-corrected chi connectivity index (χ1v) is 17.7. The normalized spacial score (nSPS) is 25.3. The van der Waals surface area contributed by atoms with Crippen molar-refractivity contribution in [3.63, 3.8) is 0 Å². The number of methoxy groups -OCH3 is 1. The van der Waals surface area contributed by atoms with Crippen LogP contribution in [0.5, 0.6) is 11.6 Å². The van der Waals surface area contributed by atoms with E-state index in [1.54, 1.807) is 12.0 Å². The van der Waals surface area contributed by atoms with Crippen LogP contribution in [-0.2, 0) is 9.59 Å². The number of aromatic nitrogens is 2. The quantitative estimate of drug-likeness (QED) is 0.237. The van der Waals surface area contributed by atoms with E-state index in [4.69, 9.17) is 19.4 Å². The molecule has 0 radical (unpaired) electrons. The SMILES string of the molecule is CCC1C(Oc2nc3cc(OC)ccc3nc2C2CC2CCCC2CCCC2)CN(C(=O)C(NC(=O)O)C(C)(C)C)C1C(=O)C(C)C. The van der Waals surface area contributed by atoms with Gasteiger partial charge < -0.3 is 24.8 Å². The largest absolute Gasteiger partial charge is 0.497 e. The van der Waals surface area contributed by atoms with E-state index >= 15 is 0 Å². The third-order valence-corrected chi connectivity index (χ3v) is 10.7. The van der Waals surface area contributed by atoms with Crippen LogP contribution in [0, 0.1) is 29.1 Å². The number of amides is 2. The van der Waals surface area contributed by atoms with Crippen LogP contribution in [0.4, 0.5) is 4.79 Å². The number of benzene rings is 1. The highest BCUT2D eigenvalue weighted by Crippen LogP contribution is 2.53. The van der Waals surface area contributed by atoms with Crippen LogP contribution >= 0.6 is 0 Å². The van der Waals surface area contributed by atoms with Gasteiger partial charge >= 0.3 is 6.09 Å². The zero-order valence-corrected chi connectivity index (χ0v) is 29.3. The Morgan fingerprint density at radius 2 is 1.81 bits per heavy atom. The molecule has 6 atom stereocenters. The molecule has 1 aromatic heterocycles. The molecule has 2 aliphatic carbocycles. The Morgan fingerprint density at radius 3 is 2.43 bits per heavy atom. The summed E-state index contributed by atoms with van der Waals surface area (Å²) in [6.07, 6.45) is 9.03. The van der Waals surface area contributed by atoms with Crippen LogP contribution in [0.15, 0.2) is 18.2 Å². The summed E-state index contributed by atoms with van der Waals surface area (Å²) >= 11 is 0. The van der Waals surface area contributed by atoms with Crippen molar-refractivity contribution in [3.05, 3.63) is 23.9 Å². The molecule has 2 saturated carbocycles. The predicted molar refractivity (Wildman–Crippen MR) is 181 cm³/mol. The summed E-state index contributed by atoms with van der Waals surface area (Å²) in [6, 6.07) is 3.90. The van der Waals surface area contributed by atoms with Crippen molar-refractivity contribution >= 4 is 28.8 Å². The van der Waals surface area contributed by atoms with E-state index in [1.165, 1.54) is 44.9 Å². The molecule has 3 fully saturated rings. The maximum Gasteiger partial charge on any atom is 0.405 e. The summed E-state index contributed by atoms with van der Waals surface area (Å²) in [4.78, 5) is 51.3. The first-order chi connectivity index (χ1) is 22.3. The molecular weight excluding hydrogens is 596 g/mol. The van der Waals surface area contributed by atoms with Crippen molar-refractivity contribution in [3.8, 4) is 11.6 Å². The Hall–Kier alpha value is -3.43. The molecule has 1 aromatic carbocycles. The van der Waals surface area contributed by atoms with Crippen molar-refractivity contribution in [1.29, 1.82) is 0 Å². The smallest absolute Gasteiger partial charge is 0.405 e. The number of nitrogens with one attached hydrogen (secondary N) is 1. The number of likely N-dealkylation sites (tertiary alicyclic amines) is 1. The number of ether oxygens (including phenoxy) is 2. The second-order valence-electron chi connectivity index (χ2n) is 15.4. The summed E-state index contributed by atoms with van der Waals surface area (Å²) in [5.41, 5.74) is 1.57. The van der Waals surface area contributed by atoms with Crippen molar-refractivity contribution in [1.82, 2.24) is 20.2 Å². The highest BCUT2D eigenvalue weighted by Gasteiger charge is 2.52. The lowest BCUT2D eigenvalue weighted by molar-refractivity contribution is -0.143. The van der Waals surface area contributed by atoms with Crippen molar-refractivity contribution in [2.75, 3.05) is 13.7 Å². The zero-order valence-electron chi connectivity index (χ0n) is 29.3. The third kappa shape index (κ3) is 7.83. The molecule has 2 N–H and O–H groups in total. The molecule has 6 unspecified atom stereocenters. The third-order valence-electron chi connectivity index (χ3n) is 10.7. The summed E-state index contributed by atoms with van der Waals surface area (Å²) in [5.74, 6) is 1.72. The van der Waals surface area contributed by atoms with E-state index in [9.17, 15) is 19.5 Å². The van der Waals surface area contributed by atoms with Gasteiger partial charge in [0.05, 0.1) is 30.7 Å². The Balaban J connectivity index is 1.45. The molecule has 1 aliphatic heterocycles. The summed E-state index contributed by atoms with van der Waals surface area (Å²) < 4.78 is 12.3. The number of carbonyl (C=O) groups is 3. The number of carbonyl (C=O) groups excluding carboxylic acids is 2. The van der Waals surface area contributed by atoms with E-state index in [1.807, 2.05) is 59.7 Å². The van der Waals surface area contributed by atoms with Crippen molar-refractivity contribution < 1.29 is 29.0 Å². The molecule has 5 rings (SSSR count). The molecule has 258 valence electrons. The number of hydrogen-bond acceptors (Lipinski definition) is 7. The molecule has 2 aromatic rings. The van der Waals surface area contributed by atoms with E-state index in [-0.39, 0.29) is 30.1 Å². The number of ketones is 1. The number of Topliss-reactive ketones (excluding diaryl/α,β-unsaturated/α-hetero) is 1. The van der Waals surface area contributed by atoms with Gasteiger partial charge in [0.25, 0.3) is 0 Å². The fraction of sp³-hybridized carbons (Fsp3) is 0.703. The second-order valence-corrected chi connectivity index (χ2v) is 15.4. The Morgan fingerprint density at radius 1 is 1.09 bits per heavy atom. The minimum atomic E-state index is -1.28. The van der Waals surface area contributed by atoms with Gasteiger partial charge in [-0.2, -0.15) is 0 Å². The fourth-order valence-corrected chi connectivity index (χ4v) is 7.86. The molecular formula is C37H54N4O6. The summed E-state index contributed by atoms with van der Waals surface area (Å²) in [5, 5.41) is 12.0. The monoisotopic (exact) mass is 650 g/mol. The van der Waals surface area contributed by atoms with E-state index in [2.05, 4.69) is 5.32 Å². The summed E-state index contributed by atoms with van der Waals surface area (Å²) in [7, 11) is 1.62. The molecule has 3 aliphatic rings. The van der Waals surface area contributed by atoms with Crippen molar-refractivity contribution in [2.24, 2.45) is 29.1 Å². The van der Waals surface area contributed by atoms with Crippen LogP contribution in [0.2, 0.25) is 0 Å². The van der Waals surface area contributed by atoms with Gasteiger partial charge in [-0.1, -0.05) is 80.1 Å². The van der Waals surface area contributed by atoms with Crippen LogP contribution in [0.1, 0.15) is 111 Å². The van der Waals surface area contributed by atoms with Gasteiger partial charge in [0.1, 0.15) is 23.6 Å². The van der Waals surface area contributed by atoms with E-state index in [0.29, 0.717) is 29.5 Å². The molecule has 1 saturated heterocycles. The highest BCUT2D eigenvalue weighted by atomic mass is 16.5. The number of carboxylic acid groups (broad SMARTS) is 1. The van der Waals surface area contributed by atoms with Gasteiger partial charge in [-0.05, 0) is 48.6 Å². The first-order valence-electron chi connectivity index (χ1n) is 17.7. The number of rotatable bonds is 13. The molecule has 2 amide bonds. The van der Waals surface area contributed by atoms with Gasteiger partial charge in [-0.25, -0.2) is 14.8 Å². The second kappa shape index (κ2) is 14.4. The maximum absolute atomic E-state index is 14.1. The average Bonchev–Trinajstić information content (AvgIpc) is 3.41. The maximum atomic E-state index is 14.1. The van der Waals surface area contributed by atoms with Crippen LogP contribution in [-0.4, -0.2) is 69.6 Å². The van der Waals surface area contributed by atoms with Gasteiger partial charge in [-0.3, -0.25) is 9.59 Å². The highest BCUT2D eigenvalue weighted by molar-refractivity contribution is 5.94. The molecule has 10 nitrogen and oxygen atoms in total. The lowest BCUT2D eigenvalue weighted by Gasteiger charge is -2.35. The first kappa shape index (κ1) is 34.9. The number of fused-ring (bicyclic) bond motifs is 1.